The molecule has 1 amide bonds. The standard InChI is InChI=1S/C14H10.C7H7N3O2.C2H2/c1-3-7-13(8-4-1)11-12-14-9-5-2-6-10-14;11-7-9-3-6(12-7)5-1-2-8-4-10-5;1-2/h1-10H;1-2,4,6H,3H2,(H,9,11);1-2H/t;6-;/m.1./s1. The Hall–Kier alpha value is -4.09. The first-order chi connectivity index (χ1) is 13.8. The van der Waals surface area contributed by atoms with Gasteiger partial charge in [0.05, 0.1) is 12.2 Å². The summed E-state index contributed by atoms with van der Waals surface area (Å²) in [6.07, 6.45) is 10.4. The highest BCUT2D eigenvalue weighted by Gasteiger charge is 2.24. The van der Waals surface area contributed by atoms with Crippen molar-refractivity contribution in [3.8, 4) is 24.7 Å². The minimum atomic E-state index is -0.390. The molecule has 1 aliphatic heterocycles. The topological polar surface area (TPSA) is 64.1 Å². The van der Waals surface area contributed by atoms with Crippen molar-refractivity contribution in [1.29, 1.82) is 0 Å². The summed E-state index contributed by atoms with van der Waals surface area (Å²) >= 11 is 0. The van der Waals surface area contributed by atoms with Gasteiger partial charge in [0.15, 0.2) is 6.10 Å². The van der Waals surface area contributed by atoms with Gasteiger partial charge in [0.25, 0.3) is 0 Å². The number of carbonyl (C=O) groups excluding carboxylic acids is 1. The van der Waals surface area contributed by atoms with Gasteiger partial charge in [0.2, 0.25) is 0 Å². The normalized spacial score (nSPS) is 13.8. The van der Waals surface area contributed by atoms with Gasteiger partial charge in [-0.25, -0.2) is 14.8 Å². The molecule has 1 aliphatic rings. The number of nitrogens with zero attached hydrogens (tertiary/aromatic N) is 2. The number of cyclic esters (lactones) is 1. The lowest BCUT2D eigenvalue weighted by molar-refractivity contribution is 0.139. The van der Waals surface area contributed by atoms with Gasteiger partial charge < -0.3 is 10.1 Å². The van der Waals surface area contributed by atoms with Crippen molar-refractivity contribution in [2.75, 3.05) is 6.54 Å². The van der Waals surface area contributed by atoms with Crippen molar-refractivity contribution in [2.24, 2.45) is 0 Å². The molecule has 2 heterocycles. The number of terminal acetylenes is 1. The Balaban J connectivity index is 0.000000186. The van der Waals surface area contributed by atoms with Crippen LogP contribution in [0.15, 0.2) is 79.3 Å². The summed E-state index contributed by atoms with van der Waals surface area (Å²) in [7, 11) is 0. The Morgan fingerprint density at radius 1 is 0.929 bits per heavy atom. The molecular weight excluding hydrogens is 350 g/mol. The fourth-order valence-corrected chi connectivity index (χ4v) is 2.23. The van der Waals surface area contributed by atoms with Crippen LogP contribution in [0.1, 0.15) is 22.9 Å². The van der Waals surface area contributed by atoms with Crippen LogP contribution in [0.5, 0.6) is 0 Å². The molecule has 1 saturated heterocycles. The van der Waals surface area contributed by atoms with E-state index in [-0.39, 0.29) is 6.10 Å². The monoisotopic (exact) mass is 369 g/mol. The maximum atomic E-state index is 10.7. The number of alkyl carbamates (subject to hydrolysis) is 1. The Kier molecular flexibility index (Phi) is 8.31. The largest absolute Gasteiger partial charge is 0.438 e. The van der Waals surface area contributed by atoms with Crippen LogP contribution in [0, 0.1) is 24.7 Å². The lowest BCUT2D eigenvalue weighted by Gasteiger charge is -2.04. The summed E-state index contributed by atoms with van der Waals surface area (Å²) in [5.74, 6) is 6.22. The minimum Gasteiger partial charge on any atom is -0.438 e. The average Bonchev–Trinajstić information content (AvgIpc) is 3.23. The first-order valence-electron chi connectivity index (χ1n) is 8.47. The number of rotatable bonds is 1. The molecule has 0 unspecified atom stereocenters. The summed E-state index contributed by atoms with van der Waals surface area (Å²) < 4.78 is 4.91. The second-order valence-corrected chi connectivity index (χ2v) is 5.39. The third kappa shape index (κ3) is 6.67. The maximum Gasteiger partial charge on any atom is 0.408 e. The zero-order valence-corrected chi connectivity index (χ0v) is 15.2. The van der Waals surface area contributed by atoms with Crippen molar-refractivity contribution in [2.45, 2.75) is 6.10 Å². The molecule has 1 aromatic heterocycles. The summed E-state index contributed by atoms with van der Waals surface area (Å²) in [5, 5.41) is 2.55. The van der Waals surface area contributed by atoms with Crippen LogP contribution in [0.2, 0.25) is 0 Å². The van der Waals surface area contributed by atoms with E-state index >= 15 is 0 Å². The van der Waals surface area contributed by atoms with Gasteiger partial charge in [-0.2, -0.15) is 0 Å². The average molecular weight is 369 g/mol. The van der Waals surface area contributed by atoms with Crippen LogP contribution in [-0.4, -0.2) is 22.6 Å². The third-order valence-corrected chi connectivity index (χ3v) is 3.51. The number of aromatic nitrogens is 2. The van der Waals surface area contributed by atoms with Crippen molar-refractivity contribution < 1.29 is 9.53 Å². The van der Waals surface area contributed by atoms with Crippen molar-refractivity contribution >= 4 is 6.09 Å². The van der Waals surface area contributed by atoms with Gasteiger partial charge in [-0.1, -0.05) is 48.2 Å². The fraction of sp³-hybridized carbons (Fsp3) is 0.0870. The highest BCUT2D eigenvalue weighted by atomic mass is 16.6. The molecule has 0 bridgehead atoms. The van der Waals surface area contributed by atoms with Gasteiger partial charge in [0, 0.05) is 17.3 Å². The van der Waals surface area contributed by atoms with Crippen molar-refractivity contribution in [1.82, 2.24) is 15.3 Å². The van der Waals surface area contributed by atoms with Crippen LogP contribution >= 0.6 is 0 Å². The predicted octanol–water partition coefficient (Wildman–Crippen LogP) is 3.59. The van der Waals surface area contributed by atoms with E-state index in [9.17, 15) is 4.79 Å². The Morgan fingerprint density at radius 3 is 1.93 bits per heavy atom. The number of carbonyl (C=O) groups is 1. The van der Waals surface area contributed by atoms with E-state index in [1.165, 1.54) is 6.33 Å². The van der Waals surface area contributed by atoms with Gasteiger partial charge >= 0.3 is 6.09 Å². The third-order valence-electron chi connectivity index (χ3n) is 3.51. The van der Waals surface area contributed by atoms with E-state index in [1.54, 1.807) is 12.3 Å². The molecule has 0 saturated carbocycles. The molecule has 3 aromatic rings. The zero-order chi connectivity index (χ0) is 20.0. The predicted molar refractivity (Wildman–Crippen MR) is 108 cm³/mol. The van der Waals surface area contributed by atoms with E-state index in [1.807, 2.05) is 60.7 Å². The Labute approximate surface area is 164 Å². The summed E-state index contributed by atoms with van der Waals surface area (Å²) in [6, 6.07) is 21.7. The number of ether oxygens (including phenoxy) is 1. The summed E-state index contributed by atoms with van der Waals surface area (Å²) in [5.41, 5.74) is 2.83. The first kappa shape index (κ1) is 20.2. The van der Waals surface area contributed by atoms with Crippen LogP contribution < -0.4 is 5.32 Å². The van der Waals surface area contributed by atoms with Gasteiger partial charge in [-0.05, 0) is 30.3 Å². The van der Waals surface area contributed by atoms with E-state index in [4.69, 9.17) is 4.74 Å². The van der Waals surface area contributed by atoms with E-state index in [2.05, 4.69) is 40.0 Å². The molecule has 0 spiro atoms. The molecule has 28 heavy (non-hydrogen) atoms. The highest BCUT2D eigenvalue weighted by Crippen LogP contribution is 2.17. The lowest BCUT2D eigenvalue weighted by atomic mass is 10.2. The molecule has 2 aromatic carbocycles. The SMILES string of the molecule is C#C.C(#Cc1ccccc1)c1ccccc1.O=C1NC[C@H](c2ccncn2)O1. The zero-order valence-electron chi connectivity index (χ0n) is 15.2. The molecule has 1 atom stereocenters. The van der Waals surface area contributed by atoms with Crippen LogP contribution in [-0.2, 0) is 4.74 Å². The van der Waals surface area contributed by atoms with Gasteiger partial charge in [0.1, 0.15) is 6.33 Å². The first-order valence-corrected chi connectivity index (χ1v) is 8.47. The molecule has 5 heteroatoms. The number of hydrogen-bond donors (Lipinski definition) is 1. The van der Waals surface area contributed by atoms with Crippen LogP contribution in [0.3, 0.4) is 0 Å². The molecule has 1 fully saturated rings. The lowest BCUT2D eigenvalue weighted by Crippen LogP contribution is -2.12. The van der Waals surface area contributed by atoms with E-state index in [0.29, 0.717) is 6.54 Å². The second-order valence-electron chi connectivity index (χ2n) is 5.39. The van der Waals surface area contributed by atoms with Crippen molar-refractivity contribution in [3.63, 3.8) is 0 Å². The number of hydrogen-bond acceptors (Lipinski definition) is 4. The minimum absolute atomic E-state index is 0.263. The number of amides is 1. The fourth-order valence-electron chi connectivity index (χ4n) is 2.23. The molecule has 5 nitrogen and oxygen atoms in total. The molecule has 138 valence electrons. The van der Waals surface area contributed by atoms with E-state index < -0.39 is 6.09 Å². The maximum absolute atomic E-state index is 10.7. The van der Waals surface area contributed by atoms with Gasteiger partial charge in [-0.3, -0.25) is 0 Å². The highest BCUT2D eigenvalue weighted by molar-refractivity contribution is 5.69. The smallest absolute Gasteiger partial charge is 0.408 e. The van der Waals surface area contributed by atoms with Crippen LogP contribution in [0.25, 0.3) is 0 Å². The van der Waals surface area contributed by atoms with Gasteiger partial charge in [-0.15, -0.1) is 12.8 Å². The summed E-state index contributed by atoms with van der Waals surface area (Å²) in [4.78, 5) is 18.4. The Morgan fingerprint density at radius 2 is 1.50 bits per heavy atom. The Bertz CT molecular complexity index is 887. The van der Waals surface area contributed by atoms with Crippen molar-refractivity contribution in [3.05, 3.63) is 96.1 Å². The molecule has 0 aliphatic carbocycles. The number of nitrogens with one attached hydrogen (secondary N) is 1. The second kappa shape index (κ2) is 11.5. The number of benzene rings is 2. The molecule has 1 N–H and O–H groups in total. The summed E-state index contributed by atoms with van der Waals surface area (Å²) in [6.45, 7) is 0.482. The quantitative estimate of drug-likeness (QED) is 0.666. The molecule has 0 radical (unpaired) electrons. The van der Waals surface area contributed by atoms with Crippen LogP contribution in [0.4, 0.5) is 4.79 Å². The van der Waals surface area contributed by atoms with E-state index in [0.717, 1.165) is 16.8 Å². The molecular formula is C23H19N3O2. The molecule has 4 rings (SSSR count).